The highest BCUT2D eigenvalue weighted by molar-refractivity contribution is 6.22. The van der Waals surface area contributed by atoms with E-state index in [4.69, 9.17) is 4.74 Å². The van der Waals surface area contributed by atoms with E-state index in [2.05, 4.69) is 10.3 Å². The van der Waals surface area contributed by atoms with Crippen molar-refractivity contribution in [2.45, 2.75) is 25.8 Å². The number of carbonyl (C=O) groups excluding carboxylic acids is 2. The van der Waals surface area contributed by atoms with Crippen LogP contribution in [0.15, 0.2) is 48.7 Å². The molecule has 2 aromatic carbocycles. The predicted molar refractivity (Wildman–Crippen MR) is 109 cm³/mol. The van der Waals surface area contributed by atoms with Gasteiger partial charge in [0.2, 0.25) is 5.91 Å². The van der Waals surface area contributed by atoms with Gasteiger partial charge in [-0.3, -0.25) is 9.59 Å². The number of ether oxygens (including phenoxy) is 1. The largest absolute Gasteiger partial charge is 0.497 e. The van der Waals surface area contributed by atoms with Gasteiger partial charge in [-0.25, -0.2) is 4.90 Å². The van der Waals surface area contributed by atoms with Gasteiger partial charge in [-0.2, -0.15) is 0 Å². The van der Waals surface area contributed by atoms with Crippen LogP contribution in [0.1, 0.15) is 17.5 Å². The summed E-state index contributed by atoms with van der Waals surface area (Å²) in [6.07, 6.45) is 2.91. The molecule has 1 atom stereocenters. The monoisotopic (exact) mass is 377 g/mol. The summed E-state index contributed by atoms with van der Waals surface area (Å²) in [5.74, 6) is 0.466. The molecule has 0 radical (unpaired) electrons. The van der Waals surface area contributed by atoms with E-state index in [0.29, 0.717) is 12.2 Å². The quantitative estimate of drug-likeness (QED) is 0.648. The van der Waals surface area contributed by atoms with E-state index in [1.807, 2.05) is 49.5 Å². The SMILES string of the molecule is COc1ccc2[nH]cc(CCN[C@@H]3CC(=O)N(c4cccc(C)c4)C3=O)c2c1. The minimum atomic E-state index is -0.479. The van der Waals surface area contributed by atoms with Crippen LogP contribution in [0.5, 0.6) is 5.75 Å². The molecule has 2 amide bonds. The first-order chi connectivity index (χ1) is 13.6. The van der Waals surface area contributed by atoms with Gasteiger partial charge in [0.1, 0.15) is 5.75 Å². The number of benzene rings is 2. The van der Waals surface area contributed by atoms with E-state index < -0.39 is 6.04 Å². The maximum absolute atomic E-state index is 12.7. The fourth-order valence-corrected chi connectivity index (χ4v) is 3.70. The van der Waals surface area contributed by atoms with Crippen LogP contribution in [0.4, 0.5) is 5.69 Å². The zero-order valence-corrected chi connectivity index (χ0v) is 16.0. The van der Waals surface area contributed by atoms with Gasteiger partial charge in [0.25, 0.3) is 5.91 Å². The third-order valence-electron chi connectivity index (χ3n) is 5.17. The van der Waals surface area contributed by atoms with Crippen molar-refractivity contribution in [2.75, 3.05) is 18.6 Å². The van der Waals surface area contributed by atoms with Gasteiger partial charge in [0.15, 0.2) is 0 Å². The Kier molecular flexibility index (Phi) is 4.88. The molecule has 0 spiro atoms. The smallest absolute Gasteiger partial charge is 0.251 e. The molecule has 1 aliphatic heterocycles. The molecule has 3 aromatic rings. The minimum Gasteiger partial charge on any atom is -0.497 e. The number of carbonyl (C=O) groups is 2. The zero-order valence-electron chi connectivity index (χ0n) is 16.0. The van der Waals surface area contributed by atoms with E-state index >= 15 is 0 Å². The van der Waals surface area contributed by atoms with Crippen molar-refractivity contribution in [3.05, 3.63) is 59.8 Å². The molecule has 6 heteroatoms. The first kappa shape index (κ1) is 18.3. The molecule has 4 rings (SSSR count). The summed E-state index contributed by atoms with van der Waals surface area (Å²) in [5, 5.41) is 4.36. The summed E-state index contributed by atoms with van der Waals surface area (Å²) in [6, 6.07) is 12.9. The number of hydrogen-bond donors (Lipinski definition) is 2. The van der Waals surface area contributed by atoms with Crippen molar-refractivity contribution in [3.63, 3.8) is 0 Å². The molecule has 0 aliphatic carbocycles. The fourth-order valence-electron chi connectivity index (χ4n) is 3.70. The number of nitrogens with one attached hydrogen (secondary N) is 2. The second kappa shape index (κ2) is 7.48. The van der Waals surface area contributed by atoms with Gasteiger partial charge in [-0.15, -0.1) is 0 Å². The van der Waals surface area contributed by atoms with Gasteiger partial charge < -0.3 is 15.0 Å². The number of aromatic amines is 1. The van der Waals surface area contributed by atoms with Crippen LogP contribution in [-0.2, 0) is 16.0 Å². The first-order valence-corrected chi connectivity index (χ1v) is 9.37. The molecule has 6 nitrogen and oxygen atoms in total. The third-order valence-corrected chi connectivity index (χ3v) is 5.17. The first-order valence-electron chi connectivity index (χ1n) is 9.37. The van der Waals surface area contributed by atoms with Crippen molar-refractivity contribution < 1.29 is 14.3 Å². The number of H-pyrrole nitrogens is 1. The lowest BCUT2D eigenvalue weighted by Gasteiger charge is -2.16. The molecule has 1 fully saturated rings. The number of rotatable bonds is 6. The summed E-state index contributed by atoms with van der Waals surface area (Å²) in [5.41, 5.74) is 3.86. The van der Waals surface area contributed by atoms with Crippen LogP contribution in [0, 0.1) is 6.92 Å². The second-order valence-corrected chi connectivity index (χ2v) is 7.09. The number of anilines is 1. The average Bonchev–Trinajstić information content (AvgIpc) is 3.21. The Morgan fingerprint density at radius 1 is 1.21 bits per heavy atom. The molecular weight excluding hydrogens is 354 g/mol. The molecule has 2 heterocycles. The highest BCUT2D eigenvalue weighted by Crippen LogP contribution is 2.25. The third kappa shape index (κ3) is 3.39. The summed E-state index contributed by atoms with van der Waals surface area (Å²) >= 11 is 0. The minimum absolute atomic E-state index is 0.162. The lowest BCUT2D eigenvalue weighted by atomic mass is 10.1. The second-order valence-electron chi connectivity index (χ2n) is 7.09. The molecule has 1 aromatic heterocycles. The van der Waals surface area contributed by atoms with Crippen LogP contribution >= 0.6 is 0 Å². The number of aromatic nitrogens is 1. The maximum Gasteiger partial charge on any atom is 0.251 e. The normalized spacial score (nSPS) is 16.9. The average molecular weight is 377 g/mol. The highest BCUT2D eigenvalue weighted by Gasteiger charge is 2.39. The van der Waals surface area contributed by atoms with Gasteiger partial charge in [0.05, 0.1) is 25.3 Å². The Bertz CT molecular complexity index is 1040. The summed E-state index contributed by atoms with van der Waals surface area (Å²) in [6.45, 7) is 2.55. The Morgan fingerprint density at radius 2 is 2.07 bits per heavy atom. The number of fused-ring (bicyclic) bond motifs is 1. The number of imide groups is 1. The fraction of sp³-hybridized carbons (Fsp3) is 0.273. The van der Waals surface area contributed by atoms with Crippen molar-refractivity contribution in [2.24, 2.45) is 0 Å². The van der Waals surface area contributed by atoms with Gasteiger partial charge in [-0.05, 0) is 54.8 Å². The van der Waals surface area contributed by atoms with Gasteiger partial charge >= 0.3 is 0 Å². The lowest BCUT2D eigenvalue weighted by molar-refractivity contribution is -0.121. The van der Waals surface area contributed by atoms with Crippen LogP contribution in [-0.4, -0.2) is 36.5 Å². The Labute approximate surface area is 163 Å². The molecular formula is C22H23N3O3. The van der Waals surface area contributed by atoms with E-state index in [1.165, 1.54) is 4.90 Å². The number of hydrogen-bond acceptors (Lipinski definition) is 4. The van der Waals surface area contributed by atoms with Crippen LogP contribution < -0.4 is 15.0 Å². The number of amides is 2. The van der Waals surface area contributed by atoms with Gasteiger partial charge in [-0.1, -0.05) is 12.1 Å². The molecule has 28 heavy (non-hydrogen) atoms. The molecule has 2 N–H and O–H groups in total. The van der Waals surface area contributed by atoms with E-state index in [0.717, 1.165) is 34.2 Å². The molecule has 0 unspecified atom stereocenters. The van der Waals surface area contributed by atoms with E-state index in [9.17, 15) is 9.59 Å². The zero-order chi connectivity index (χ0) is 19.7. The molecule has 0 bridgehead atoms. The number of nitrogens with zero attached hydrogens (tertiary/aromatic N) is 1. The molecule has 144 valence electrons. The van der Waals surface area contributed by atoms with E-state index in [-0.39, 0.29) is 18.2 Å². The van der Waals surface area contributed by atoms with Crippen LogP contribution in [0.2, 0.25) is 0 Å². The van der Waals surface area contributed by atoms with Crippen LogP contribution in [0.25, 0.3) is 10.9 Å². The molecule has 1 saturated heterocycles. The van der Waals surface area contributed by atoms with Crippen LogP contribution in [0.3, 0.4) is 0 Å². The Morgan fingerprint density at radius 3 is 2.86 bits per heavy atom. The van der Waals surface area contributed by atoms with Crippen molar-refractivity contribution in [1.29, 1.82) is 0 Å². The van der Waals surface area contributed by atoms with E-state index in [1.54, 1.807) is 13.2 Å². The summed E-state index contributed by atoms with van der Waals surface area (Å²) in [4.78, 5) is 29.7. The highest BCUT2D eigenvalue weighted by atomic mass is 16.5. The van der Waals surface area contributed by atoms with Crippen molar-refractivity contribution >= 4 is 28.4 Å². The summed E-state index contributed by atoms with van der Waals surface area (Å²) < 4.78 is 5.30. The van der Waals surface area contributed by atoms with Crippen molar-refractivity contribution in [3.8, 4) is 5.75 Å². The molecule has 0 saturated carbocycles. The molecule has 1 aliphatic rings. The van der Waals surface area contributed by atoms with Crippen molar-refractivity contribution in [1.82, 2.24) is 10.3 Å². The maximum atomic E-state index is 12.7. The van der Waals surface area contributed by atoms with Gasteiger partial charge in [0, 0.05) is 23.6 Å². The summed E-state index contributed by atoms with van der Waals surface area (Å²) in [7, 11) is 1.65. The number of methoxy groups -OCH3 is 1. The number of aryl methyl sites for hydroxylation is 1. The Balaban J connectivity index is 1.42. The lowest BCUT2D eigenvalue weighted by Crippen LogP contribution is -2.39. The topological polar surface area (TPSA) is 74.4 Å². The Hall–Kier alpha value is -3.12. The standard InChI is InChI=1S/C22H23N3O3/c1-14-4-3-5-16(10-14)25-21(26)12-20(22(25)27)23-9-8-15-13-24-19-7-6-17(28-2)11-18(15)19/h3-7,10-11,13,20,23-24H,8-9,12H2,1-2H3/t20-/m1/s1. The predicted octanol–water partition coefficient (Wildman–Crippen LogP) is 2.95.